The smallest absolute Gasteiger partial charge is 0.247 e. The van der Waals surface area contributed by atoms with Crippen molar-refractivity contribution in [3.05, 3.63) is 58.7 Å². The van der Waals surface area contributed by atoms with E-state index in [1.807, 2.05) is 25.1 Å². The van der Waals surface area contributed by atoms with Crippen LogP contribution < -0.4 is 10.1 Å². The molecule has 2 aromatic rings. The van der Waals surface area contributed by atoms with Crippen molar-refractivity contribution >= 4 is 12.0 Å². The van der Waals surface area contributed by atoms with Gasteiger partial charge in [0.15, 0.2) is 0 Å². The summed E-state index contributed by atoms with van der Waals surface area (Å²) in [4.78, 5) is 12.2. The Hall–Kier alpha value is -2.55. The van der Waals surface area contributed by atoms with Gasteiger partial charge in [0.1, 0.15) is 5.75 Å². The van der Waals surface area contributed by atoms with E-state index in [2.05, 4.69) is 43.4 Å². The Balaban J connectivity index is 1.87. The van der Waals surface area contributed by atoms with Crippen LogP contribution in [0.5, 0.6) is 5.75 Å². The van der Waals surface area contributed by atoms with Crippen LogP contribution in [0, 0.1) is 13.8 Å². The van der Waals surface area contributed by atoms with Crippen molar-refractivity contribution in [1.29, 1.82) is 0 Å². The standard InChI is InChI=1S/C22H25NO2/c1-14-13-21(17-5-9-20(25-4)10-6-17)15(2)11-18(14)12-16(3)22(24)23-19-7-8-19/h5-6,9-13,19H,7-8H2,1-4H3,(H,23,24). The summed E-state index contributed by atoms with van der Waals surface area (Å²) in [5.41, 5.74) is 6.58. The first-order chi connectivity index (χ1) is 12.0. The molecule has 1 aliphatic carbocycles. The first kappa shape index (κ1) is 17.3. The maximum absolute atomic E-state index is 12.2. The summed E-state index contributed by atoms with van der Waals surface area (Å²) in [7, 11) is 1.67. The molecule has 1 N–H and O–H groups in total. The van der Waals surface area contributed by atoms with E-state index >= 15 is 0 Å². The molecule has 0 heterocycles. The van der Waals surface area contributed by atoms with Gasteiger partial charge >= 0.3 is 0 Å². The van der Waals surface area contributed by atoms with E-state index in [-0.39, 0.29) is 5.91 Å². The normalized spacial score (nSPS) is 14.3. The Morgan fingerprint density at radius 3 is 2.40 bits per heavy atom. The molecule has 0 spiro atoms. The zero-order valence-electron chi connectivity index (χ0n) is 15.3. The number of amides is 1. The molecule has 3 rings (SSSR count). The van der Waals surface area contributed by atoms with Crippen LogP contribution in [-0.4, -0.2) is 19.1 Å². The summed E-state index contributed by atoms with van der Waals surface area (Å²) in [5, 5.41) is 3.04. The van der Waals surface area contributed by atoms with Gasteiger partial charge in [0.25, 0.3) is 0 Å². The monoisotopic (exact) mass is 335 g/mol. The molecule has 0 saturated heterocycles. The molecule has 0 aliphatic heterocycles. The molecule has 2 aromatic carbocycles. The fourth-order valence-corrected chi connectivity index (χ4v) is 2.90. The molecular formula is C22H25NO2. The molecule has 0 radical (unpaired) electrons. The van der Waals surface area contributed by atoms with E-state index in [1.165, 1.54) is 16.7 Å². The van der Waals surface area contributed by atoms with Crippen molar-refractivity contribution < 1.29 is 9.53 Å². The van der Waals surface area contributed by atoms with Gasteiger partial charge in [-0.25, -0.2) is 0 Å². The van der Waals surface area contributed by atoms with Gasteiger partial charge in [0.05, 0.1) is 7.11 Å². The molecule has 0 atom stereocenters. The molecule has 0 aromatic heterocycles. The minimum atomic E-state index is 0.0405. The van der Waals surface area contributed by atoms with Gasteiger partial charge in [-0.05, 0) is 79.6 Å². The number of methoxy groups -OCH3 is 1. The van der Waals surface area contributed by atoms with Crippen LogP contribution in [0.25, 0.3) is 17.2 Å². The largest absolute Gasteiger partial charge is 0.497 e. The maximum atomic E-state index is 12.2. The van der Waals surface area contributed by atoms with Crippen LogP contribution in [0.3, 0.4) is 0 Å². The predicted octanol–water partition coefficient (Wildman–Crippen LogP) is 4.66. The van der Waals surface area contributed by atoms with E-state index in [0.29, 0.717) is 6.04 Å². The topological polar surface area (TPSA) is 38.3 Å². The highest BCUT2D eigenvalue weighted by molar-refractivity contribution is 5.97. The van der Waals surface area contributed by atoms with Crippen molar-refractivity contribution in [2.75, 3.05) is 7.11 Å². The molecule has 3 nitrogen and oxygen atoms in total. The van der Waals surface area contributed by atoms with Gasteiger partial charge in [-0.1, -0.05) is 24.3 Å². The average Bonchev–Trinajstić information content (AvgIpc) is 3.42. The highest BCUT2D eigenvalue weighted by Gasteiger charge is 2.23. The first-order valence-electron chi connectivity index (χ1n) is 8.73. The zero-order valence-corrected chi connectivity index (χ0v) is 15.3. The highest BCUT2D eigenvalue weighted by atomic mass is 16.5. The van der Waals surface area contributed by atoms with Gasteiger partial charge in [-0.3, -0.25) is 4.79 Å². The number of rotatable bonds is 5. The highest BCUT2D eigenvalue weighted by Crippen LogP contribution is 2.29. The Morgan fingerprint density at radius 1 is 1.12 bits per heavy atom. The lowest BCUT2D eigenvalue weighted by Gasteiger charge is -2.12. The Kier molecular flexibility index (Phi) is 4.93. The SMILES string of the molecule is COc1ccc(-c2cc(C)c(C=C(C)C(=O)NC3CC3)cc2C)cc1. The summed E-state index contributed by atoms with van der Waals surface area (Å²) in [6.07, 6.45) is 4.19. The Labute approximate surface area is 149 Å². The average molecular weight is 335 g/mol. The number of ether oxygens (including phenoxy) is 1. The van der Waals surface area contributed by atoms with Crippen molar-refractivity contribution in [3.8, 4) is 16.9 Å². The summed E-state index contributed by atoms with van der Waals surface area (Å²) < 4.78 is 5.23. The molecule has 1 saturated carbocycles. The third-order valence-corrected chi connectivity index (χ3v) is 4.66. The van der Waals surface area contributed by atoms with Crippen LogP contribution in [-0.2, 0) is 4.79 Å². The second-order valence-corrected chi connectivity index (χ2v) is 6.83. The number of hydrogen-bond acceptors (Lipinski definition) is 2. The lowest BCUT2D eigenvalue weighted by molar-refractivity contribution is -0.117. The van der Waals surface area contributed by atoms with Crippen LogP contribution in [0.4, 0.5) is 0 Å². The molecule has 25 heavy (non-hydrogen) atoms. The maximum Gasteiger partial charge on any atom is 0.247 e. The molecule has 130 valence electrons. The van der Waals surface area contributed by atoms with Crippen molar-refractivity contribution in [1.82, 2.24) is 5.32 Å². The molecular weight excluding hydrogens is 310 g/mol. The summed E-state index contributed by atoms with van der Waals surface area (Å²) in [5.74, 6) is 0.897. The molecule has 3 heteroatoms. The third-order valence-electron chi connectivity index (χ3n) is 4.66. The van der Waals surface area contributed by atoms with Crippen LogP contribution >= 0.6 is 0 Å². The van der Waals surface area contributed by atoms with Crippen molar-refractivity contribution in [2.45, 2.75) is 39.7 Å². The number of carbonyl (C=O) groups is 1. The van der Waals surface area contributed by atoms with Gasteiger partial charge in [-0.15, -0.1) is 0 Å². The van der Waals surface area contributed by atoms with E-state index in [4.69, 9.17) is 4.74 Å². The molecule has 0 unspecified atom stereocenters. The van der Waals surface area contributed by atoms with Crippen LogP contribution in [0.1, 0.15) is 36.5 Å². The molecule has 0 bridgehead atoms. The first-order valence-corrected chi connectivity index (χ1v) is 8.73. The quantitative estimate of drug-likeness (QED) is 0.807. The number of nitrogens with one attached hydrogen (secondary N) is 1. The number of benzene rings is 2. The molecule has 1 aliphatic rings. The second-order valence-electron chi connectivity index (χ2n) is 6.83. The van der Waals surface area contributed by atoms with Crippen molar-refractivity contribution in [2.24, 2.45) is 0 Å². The Morgan fingerprint density at radius 2 is 1.80 bits per heavy atom. The second kappa shape index (κ2) is 7.14. The van der Waals surface area contributed by atoms with E-state index in [9.17, 15) is 4.79 Å². The lowest BCUT2D eigenvalue weighted by atomic mass is 9.94. The van der Waals surface area contributed by atoms with Gasteiger partial charge in [0, 0.05) is 11.6 Å². The summed E-state index contributed by atoms with van der Waals surface area (Å²) >= 11 is 0. The lowest BCUT2D eigenvalue weighted by Crippen LogP contribution is -2.25. The summed E-state index contributed by atoms with van der Waals surface area (Å²) in [6, 6.07) is 12.8. The zero-order chi connectivity index (χ0) is 18.0. The van der Waals surface area contributed by atoms with Gasteiger partial charge in [-0.2, -0.15) is 0 Å². The van der Waals surface area contributed by atoms with E-state index in [1.54, 1.807) is 7.11 Å². The molecule has 1 fully saturated rings. The van der Waals surface area contributed by atoms with Crippen LogP contribution in [0.15, 0.2) is 42.0 Å². The van der Waals surface area contributed by atoms with Crippen molar-refractivity contribution in [3.63, 3.8) is 0 Å². The molecule has 1 amide bonds. The summed E-state index contributed by atoms with van der Waals surface area (Å²) in [6.45, 7) is 6.07. The minimum absolute atomic E-state index is 0.0405. The number of aryl methyl sites for hydroxylation is 2. The van der Waals surface area contributed by atoms with Crippen LogP contribution in [0.2, 0.25) is 0 Å². The van der Waals surface area contributed by atoms with Gasteiger partial charge < -0.3 is 10.1 Å². The fourth-order valence-electron chi connectivity index (χ4n) is 2.90. The predicted molar refractivity (Wildman–Crippen MR) is 103 cm³/mol. The van der Waals surface area contributed by atoms with E-state index in [0.717, 1.165) is 35.3 Å². The third kappa shape index (κ3) is 4.11. The number of hydrogen-bond donors (Lipinski definition) is 1. The van der Waals surface area contributed by atoms with Gasteiger partial charge in [0.2, 0.25) is 5.91 Å². The minimum Gasteiger partial charge on any atom is -0.497 e. The number of carbonyl (C=O) groups excluding carboxylic acids is 1. The van der Waals surface area contributed by atoms with E-state index < -0.39 is 0 Å². The fraction of sp³-hybridized carbons (Fsp3) is 0.318. The Bertz CT molecular complexity index is 815.